The number of rotatable bonds is 5. The van der Waals surface area contributed by atoms with Crippen molar-refractivity contribution in [2.24, 2.45) is 0 Å². The summed E-state index contributed by atoms with van der Waals surface area (Å²) in [6.45, 7) is 10.1. The molecule has 4 rings (SSSR count). The molecule has 0 N–H and O–H groups in total. The van der Waals surface area contributed by atoms with Crippen molar-refractivity contribution in [3.05, 3.63) is 57.9 Å². The van der Waals surface area contributed by atoms with Crippen molar-refractivity contribution in [2.75, 3.05) is 17.3 Å². The van der Waals surface area contributed by atoms with Crippen LogP contribution in [0.25, 0.3) is 10.9 Å². The Hall–Kier alpha value is -2.12. The number of hydrogen-bond donors (Lipinski definition) is 0. The molecule has 1 aliphatic rings. The molecule has 31 heavy (non-hydrogen) atoms. The lowest BCUT2D eigenvalue weighted by Gasteiger charge is -2.16. The molecule has 5 nitrogen and oxygen atoms in total. The Bertz CT molecular complexity index is 1310. The molecule has 2 aromatic heterocycles. The molecular formula is C24H28N2O3S2. The first-order chi connectivity index (χ1) is 14.6. The standard InChI is InChI=1S/C24H28N2O3S2/c1-14-8-16(3)24-20(9-14)15(2)10-23(25-24)30-12-22(27)21-11-17(4)26(18(21)5)19-6-7-31(28,29)13-19/h8-11,19H,6-7,12-13H2,1-5H3/t19-/m0/s1. The first kappa shape index (κ1) is 22.1. The van der Waals surface area contributed by atoms with Gasteiger partial charge in [0.25, 0.3) is 0 Å². The summed E-state index contributed by atoms with van der Waals surface area (Å²) in [6.07, 6.45) is 0.611. The third-order valence-electron chi connectivity index (χ3n) is 6.14. The highest BCUT2D eigenvalue weighted by Crippen LogP contribution is 2.31. The molecule has 0 bridgehead atoms. The van der Waals surface area contributed by atoms with E-state index in [-0.39, 0.29) is 23.3 Å². The van der Waals surface area contributed by atoms with Crippen molar-refractivity contribution in [3.8, 4) is 0 Å². The van der Waals surface area contributed by atoms with E-state index in [0.717, 1.165) is 38.4 Å². The predicted octanol–water partition coefficient (Wildman–Crippen LogP) is 4.91. The summed E-state index contributed by atoms with van der Waals surface area (Å²) in [4.78, 5) is 17.8. The Kier molecular flexibility index (Phi) is 5.77. The highest BCUT2D eigenvalue weighted by molar-refractivity contribution is 7.99. The van der Waals surface area contributed by atoms with Crippen molar-refractivity contribution < 1.29 is 13.2 Å². The molecule has 0 spiro atoms. The Morgan fingerprint density at radius 2 is 1.84 bits per heavy atom. The number of carbonyl (C=O) groups excluding carboxylic acids is 1. The van der Waals surface area contributed by atoms with Gasteiger partial charge < -0.3 is 4.57 Å². The van der Waals surface area contributed by atoms with E-state index >= 15 is 0 Å². The number of ketones is 1. The summed E-state index contributed by atoms with van der Waals surface area (Å²) < 4.78 is 25.9. The molecule has 164 valence electrons. The maximum absolute atomic E-state index is 13.0. The van der Waals surface area contributed by atoms with E-state index < -0.39 is 9.84 Å². The van der Waals surface area contributed by atoms with E-state index in [1.807, 2.05) is 30.5 Å². The van der Waals surface area contributed by atoms with Gasteiger partial charge >= 0.3 is 0 Å². The molecule has 0 amide bonds. The van der Waals surface area contributed by atoms with E-state index in [9.17, 15) is 13.2 Å². The lowest BCUT2D eigenvalue weighted by molar-refractivity contribution is 0.102. The lowest BCUT2D eigenvalue weighted by atomic mass is 10.0. The van der Waals surface area contributed by atoms with Gasteiger partial charge in [-0.15, -0.1) is 0 Å². The third-order valence-corrected chi connectivity index (χ3v) is 8.80. The van der Waals surface area contributed by atoms with Crippen LogP contribution in [-0.4, -0.2) is 41.0 Å². The number of Topliss-reactive ketones (excluding diaryl/α,β-unsaturated/α-hetero) is 1. The molecule has 1 atom stereocenters. The van der Waals surface area contributed by atoms with Gasteiger partial charge in [0, 0.05) is 28.4 Å². The number of carbonyl (C=O) groups is 1. The van der Waals surface area contributed by atoms with Crippen molar-refractivity contribution in [2.45, 2.75) is 52.1 Å². The fraction of sp³-hybridized carbons (Fsp3) is 0.417. The number of aryl methyl sites for hydroxylation is 4. The molecule has 3 heterocycles. The number of nitrogens with zero attached hydrogens (tertiary/aromatic N) is 2. The number of benzene rings is 1. The fourth-order valence-corrected chi connectivity index (χ4v) is 7.26. The smallest absolute Gasteiger partial charge is 0.174 e. The predicted molar refractivity (Wildman–Crippen MR) is 127 cm³/mol. The van der Waals surface area contributed by atoms with Gasteiger partial charge in [-0.1, -0.05) is 23.4 Å². The largest absolute Gasteiger partial charge is 0.344 e. The number of hydrogen-bond acceptors (Lipinski definition) is 5. The number of aromatic nitrogens is 2. The maximum Gasteiger partial charge on any atom is 0.174 e. The van der Waals surface area contributed by atoms with Gasteiger partial charge in [-0.05, 0) is 70.4 Å². The van der Waals surface area contributed by atoms with Gasteiger partial charge in [0.2, 0.25) is 0 Å². The second-order valence-electron chi connectivity index (χ2n) is 8.68. The van der Waals surface area contributed by atoms with Crippen molar-refractivity contribution in [3.63, 3.8) is 0 Å². The zero-order valence-corrected chi connectivity index (χ0v) is 20.3. The molecule has 3 aromatic rings. The third kappa shape index (κ3) is 4.30. The number of thioether (sulfide) groups is 1. The van der Waals surface area contributed by atoms with Crippen LogP contribution in [0.15, 0.2) is 29.3 Å². The summed E-state index contributed by atoms with van der Waals surface area (Å²) in [5.41, 5.74) is 6.99. The highest BCUT2D eigenvalue weighted by Gasteiger charge is 2.31. The molecule has 0 radical (unpaired) electrons. The first-order valence-electron chi connectivity index (χ1n) is 10.5. The average Bonchev–Trinajstić information content (AvgIpc) is 3.18. The van der Waals surface area contributed by atoms with Gasteiger partial charge in [-0.2, -0.15) is 0 Å². The van der Waals surface area contributed by atoms with E-state index in [1.165, 1.54) is 17.3 Å². The maximum atomic E-state index is 13.0. The molecule has 0 saturated carbocycles. The average molecular weight is 457 g/mol. The number of sulfone groups is 1. The zero-order chi connectivity index (χ0) is 22.5. The van der Waals surface area contributed by atoms with Crippen LogP contribution >= 0.6 is 11.8 Å². The van der Waals surface area contributed by atoms with Crippen LogP contribution in [-0.2, 0) is 9.84 Å². The van der Waals surface area contributed by atoms with Crippen LogP contribution < -0.4 is 0 Å². The second-order valence-corrected chi connectivity index (χ2v) is 11.9. The summed E-state index contributed by atoms with van der Waals surface area (Å²) in [7, 11) is -2.98. The lowest BCUT2D eigenvalue weighted by Crippen LogP contribution is -2.14. The summed E-state index contributed by atoms with van der Waals surface area (Å²) in [5.74, 6) is 0.728. The van der Waals surface area contributed by atoms with E-state index in [4.69, 9.17) is 4.98 Å². The summed E-state index contributed by atoms with van der Waals surface area (Å²) in [6, 6.07) is 8.16. The van der Waals surface area contributed by atoms with Gasteiger partial charge in [0.15, 0.2) is 15.6 Å². The van der Waals surface area contributed by atoms with E-state index in [0.29, 0.717) is 17.7 Å². The van der Waals surface area contributed by atoms with Crippen LogP contribution in [0.4, 0.5) is 0 Å². The molecule has 7 heteroatoms. The normalized spacial score (nSPS) is 18.0. The molecule has 1 saturated heterocycles. The number of fused-ring (bicyclic) bond motifs is 1. The SMILES string of the molecule is Cc1cc(C)c2nc(SCC(=O)c3cc(C)n([C@H]4CCS(=O)(=O)C4)c3C)cc(C)c2c1. The Balaban J connectivity index is 1.55. The van der Waals surface area contributed by atoms with Crippen LogP contribution in [0.5, 0.6) is 0 Å². The molecule has 0 aliphatic carbocycles. The molecule has 1 fully saturated rings. The Labute approximate surface area is 188 Å². The minimum absolute atomic E-state index is 0.0467. The topological polar surface area (TPSA) is 69.0 Å². The molecular weight excluding hydrogens is 428 g/mol. The Morgan fingerprint density at radius 3 is 2.52 bits per heavy atom. The summed E-state index contributed by atoms with van der Waals surface area (Å²) >= 11 is 1.46. The second kappa shape index (κ2) is 8.10. The molecule has 0 unspecified atom stereocenters. The van der Waals surface area contributed by atoms with Gasteiger partial charge in [0.1, 0.15) is 0 Å². The fourth-order valence-electron chi connectivity index (χ4n) is 4.71. The first-order valence-corrected chi connectivity index (χ1v) is 13.3. The summed E-state index contributed by atoms with van der Waals surface area (Å²) in [5, 5.41) is 2.00. The Morgan fingerprint density at radius 1 is 1.10 bits per heavy atom. The van der Waals surface area contributed by atoms with Crippen LogP contribution in [0, 0.1) is 34.6 Å². The molecule has 1 aliphatic heterocycles. The quantitative estimate of drug-likeness (QED) is 0.403. The minimum atomic E-state index is -2.98. The van der Waals surface area contributed by atoms with Crippen LogP contribution in [0.1, 0.15) is 50.9 Å². The minimum Gasteiger partial charge on any atom is -0.344 e. The van der Waals surface area contributed by atoms with Gasteiger partial charge in [0.05, 0.1) is 27.8 Å². The monoisotopic (exact) mass is 456 g/mol. The molecule has 1 aromatic carbocycles. The zero-order valence-electron chi connectivity index (χ0n) is 18.7. The van der Waals surface area contributed by atoms with Crippen LogP contribution in [0.2, 0.25) is 0 Å². The highest BCUT2D eigenvalue weighted by atomic mass is 32.2. The van der Waals surface area contributed by atoms with Crippen molar-refractivity contribution in [1.82, 2.24) is 9.55 Å². The van der Waals surface area contributed by atoms with Crippen molar-refractivity contribution >= 4 is 38.3 Å². The number of pyridine rings is 1. The van der Waals surface area contributed by atoms with Crippen LogP contribution in [0.3, 0.4) is 0 Å². The van der Waals surface area contributed by atoms with Gasteiger partial charge in [-0.3, -0.25) is 4.79 Å². The van der Waals surface area contributed by atoms with Crippen molar-refractivity contribution in [1.29, 1.82) is 0 Å². The van der Waals surface area contributed by atoms with E-state index in [1.54, 1.807) is 0 Å². The van der Waals surface area contributed by atoms with Gasteiger partial charge in [-0.25, -0.2) is 13.4 Å². The van der Waals surface area contributed by atoms with E-state index in [2.05, 4.69) is 32.9 Å².